The van der Waals surface area contributed by atoms with Crippen molar-refractivity contribution in [3.63, 3.8) is 0 Å². The molecule has 0 radical (unpaired) electrons. The number of anilines is 3. The molecule has 0 spiro atoms. The molecule has 1 unspecified atom stereocenters. The standard InChI is InChI=1S/C26H27ClN8O/c1-14-5-10-18(12-29-14)32-26(36)16-8-6-15(7-9-16)25-34-22(23-24(28)30-13-31-35(23)25)20-11-17-3-2-4-19(27)21(17)33-20/h2-5,10,12-13,15-16,20,33H,6-9,11H2,1H3,(H,32,36)(H2,28,30,31)/t15-,16-,20?. The molecule has 4 heterocycles. The Bertz CT molecular complexity index is 1440. The molecule has 184 valence electrons. The molecule has 1 aromatic carbocycles. The number of hydrogen-bond acceptors (Lipinski definition) is 7. The zero-order chi connectivity index (χ0) is 24.8. The number of pyridine rings is 1. The summed E-state index contributed by atoms with van der Waals surface area (Å²) in [7, 11) is 0. The van der Waals surface area contributed by atoms with E-state index in [1.807, 2.05) is 35.7 Å². The summed E-state index contributed by atoms with van der Waals surface area (Å²) in [4.78, 5) is 26.4. The second kappa shape index (κ2) is 9.05. The molecular weight excluding hydrogens is 476 g/mol. The molecule has 3 aromatic heterocycles. The van der Waals surface area contributed by atoms with Crippen LogP contribution in [0.15, 0.2) is 42.9 Å². The predicted molar refractivity (Wildman–Crippen MR) is 139 cm³/mol. The molecule has 1 aliphatic heterocycles. The molecule has 9 nitrogen and oxygen atoms in total. The highest BCUT2D eigenvalue weighted by Crippen LogP contribution is 2.42. The first kappa shape index (κ1) is 22.7. The fourth-order valence-corrected chi connectivity index (χ4v) is 5.67. The molecule has 36 heavy (non-hydrogen) atoms. The number of nitrogen functional groups attached to an aromatic ring is 1. The van der Waals surface area contributed by atoms with E-state index < -0.39 is 0 Å². The van der Waals surface area contributed by atoms with Crippen LogP contribution in [-0.2, 0) is 11.2 Å². The van der Waals surface area contributed by atoms with Crippen molar-refractivity contribution < 1.29 is 4.79 Å². The highest BCUT2D eigenvalue weighted by molar-refractivity contribution is 6.33. The quantitative estimate of drug-likeness (QED) is 0.370. The van der Waals surface area contributed by atoms with Gasteiger partial charge in [0.1, 0.15) is 17.7 Å². The largest absolute Gasteiger partial charge is 0.382 e. The van der Waals surface area contributed by atoms with Gasteiger partial charge >= 0.3 is 0 Å². The summed E-state index contributed by atoms with van der Waals surface area (Å²) in [6, 6.07) is 9.63. The number of aromatic nitrogens is 5. The van der Waals surface area contributed by atoms with E-state index in [4.69, 9.17) is 22.3 Å². The summed E-state index contributed by atoms with van der Waals surface area (Å²) in [6.07, 6.45) is 7.18. The van der Waals surface area contributed by atoms with E-state index >= 15 is 0 Å². The van der Waals surface area contributed by atoms with E-state index in [9.17, 15) is 4.79 Å². The Hall–Kier alpha value is -3.72. The predicted octanol–water partition coefficient (Wildman–Crippen LogP) is 4.69. The van der Waals surface area contributed by atoms with Crippen molar-refractivity contribution in [3.8, 4) is 0 Å². The average molecular weight is 503 g/mol. The smallest absolute Gasteiger partial charge is 0.227 e. The minimum atomic E-state index is -0.0674. The van der Waals surface area contributed by atoms with Crippen LogP contribution in [0, 0.1) is 12.8 Å². The number of carbonyl (C=O) groups excluding carboxylic acids is 1. The van der Waals surface area contributed by atoms with Gasteiger partial charge in [0.2, 0.25) is 5.91 Å². The fourth-order valence-electron chi connectivity index (χ4n) is 5.42. The Labute approximate surface area is 213 Å². The van der Waals surface area contributed by atoms with Crippen molar-refractivity contribution in [2.45, 2.75) is 51.0 Å². The van der Waals surface area contributed by atoms with Crippen molar-refractivity contribution in [1.29, 1.82) is 0 Å². The zero-order valence-electron chi connectivity index (χ0n) is 19.9. The van der Waals surface area contributed by atoms with Gasteiger partial charge in [0.25, 0.3) is 0 Å². The number of nitrogens with one attached hydrogen (secondary N) is 2. The van der Waals surface area contributed by atoms with Crippen LogP contribution in [0.3, 0.4) is 0 Å². The second-order valence-corrected chi connectivity index (χ2v) is 10.1. The number of para-hydroxylation sites is 1. The SMILES string of the molecule is Cc1ccc(NC(=O)[C@H]2CC[C@H](c3nc(C4Cc5cccc(Cl)c5N4)c4c(N)ncnn43)CC2)cn1. The Morgan fingerprint density at radius 1 is 1.17 bits per heavy atom. The number of carbonyl (C=O) groups is 1. The van der Waals surface area contributed by atoms with E-state index in [-0.39, 0.29) is 23.8 Å². The fraction of sp³-hybridized carbons (Fsp3) is 0.346. The summed E-state index contributed by atoms with van der Waals surface area (Å²) in [5.74, 6) is 1.46. The van der Waals surface area contributed by atoms with Gasteiger partial charge in [0.05, 0.1) is 34.3 Å². The molecule has 6 rings (SSSR count). The molecule has 1 amide bonds. The first-order chi connectivity index (χ1) is 17.5. The Kier molecular flexibility index (Phi) is 5.72. The lowest BCUT2D eigenvalue weighted by Crippen LogP contribution is -2.27. The highest BCUT2D eigenvalue weighted by atomic mass is 35.5. The molecule has 4 aromatic rings. The summed E-state index contributed by atoms with van der Waals surface area (Å²) >= 11 is 6.42. The van der Waals surface area contributed by atoms with Crippen LogP contribution < -0.4 is 16.4 Å². The lowest BCUT2D eigenvalue weighted by Gasteiger charge is -2.26. The van der Waals surface area contributed by atoms with Crippen molar-refractivity contribution in [2.75, 3.05) is 16.4 Å². The van der Waals surface area contributed by atoms with Crippen LogP contribution >= 0.6 is 11.6 Å². The van der Waals surface area contributed by atoms with Crippen LogP contribution in [0.1, 0.15) is 60.4 Å². The number of halogens is 1. The third-order valence-corrected chi connectivity index (χ3v) is 7.64. The second-order valence-electron chi connectivity index (χ2n) is 9.66. The van der Waals surface area contributed by atoms with Gasteiger partial charge in [0.15, 0.2) is 5.82 Å². The zero-order valence-corrected chi connectivity index (χ0v) is 20.7. The maximum atomic E-state index is 12.9. The van der Waals surface area contributed by atoms with E-state index in [1.165, 1.54) is 6.33 Å². The summed E-state index contributed by atoms with van der Waals surface area (Å²) in [6.45, 7) is 1.92. The first-order valence-electron chi connectivity index (χ1n) is 12.2. The van der Waals surface area contributed by atoms with E-state index in [0.29, 0.717) is 10.8 Å². The van der Waals surface area contributed by atoms with Crippen LogP contribution in [0.25, 0.3) is 5.52 Å². The number of amides is 1. The van der Waals surface area contributed by atoms with Gasteiger partial charge in [-0.2, -0.15) is 5.10 Å². The van der Waals surface area contributed by atoms with Crippen LogP contribution in [-0.4, -0.2) is 30.5 Å². The summed E-state index contributed by atoms with van der Waals surface area (Å²) in [5, 5.41) is 11.7. The van der Waals surface area contributed by atoms with Crippen molar-refractivity contribution >= 4 is 40.2 Å². The first-order valence-corrected chi connectivity index (χ1v) is 12.6. The van der Waals surface area contributed by atoms with E-state index in [1.54, 1.807) is 6.20 Å². The molecule has 10 heteroatoms. The molecule has 2 aliphatic rings. The van der Waals surface area contributed by atoms with E-state index in [2.05, 4.69) is 31.8 Å². The van der Waals surface area contributed by atoms with Crippen molar-refractivity contribution in [1.82, 2.24) is 24.6 Å². The average Bonchev–Trinajstić information content (AvgIpc) is 3.49. The van der Waals surface area contributed by atoms with Crippen LogP contribution in [0.4, 0.5) is 17.2 Å². The molecule has 4 N–H and O–H groups in total. The monoisotopic (exact) mass is 502 g/mol. The van der Waals surface area contributed by atoms with Crippen LogP contribution in [0.2, 0.25) is 5.02 Å². The van der Waals surface area contributed by atoms with Gasteiger partial charge < -0.3 is 16.4 Å². The minimum absolute atomic E-state index is 0.0407. The third kappa shape index (κ3) is 4.03. The normalized spacial score (nSPS) is 21.2. The minimum Gasteiger partial charge on any atom is -0.382 e. The van der Waals surface area contributed by atoms with Gasteiger partial charge in [-0.25, -0.2) is 14.5 Å². The Balaban J connectivity index is 1.22. The highest BCUT2D eigenvalue weighted by Gasteiger charge is 2.34. The molecule has 0 saturated heterocycles. The summed E-state index contributed by atoms with van der Waals surface area (Å²) < 4.78 is 1.84. The maximum absolute atomic E-state index is 12.9. The molecule has 0 bridgehead atoms. The Morgan fingerprint density at radius 3 is 2.75 bits per heavy atom. The number of hydrogen-bond donors (Lipinski definition) is 3. The molecule has 1 saturated carbocycles. The van der Waals surface area contributed by atoms with Gasteiger partial charge in [-0.15, -0.1) is 0 Å². The number of benzene rings is 1. The van der Waals surface area contributed by atoms with Gasteiger partial charge in [0, 0.05) is 24.0 Å². The topological polar surface area (TPSA) is 123 Å². The molecule has 1 aliphatic carbocycles. The number of nitrogens with two attached hydrogens (primary N) is 1. The molecular formula is C26H27ClN8O. The lowest BCUT2D eigenvalue weighted by atomic mass is 9.81. The number of imidazole rings is 1. The van der Waals surface area contributed by atoms with Crippen molar-refractivity contribution in [2.24, 2.45) is 5.92 Å². The number of aryl methyl sites for hydroxylation is 1. The molecule has 1 fully saturated rings. The molecule has 1 atom stereocenters. The van der Waals surface area contributed by atoms with Crippen molar-refractivity contribution in [3.05, 3.63) is 70.7 Å². The third-order valence-electron chi connectivity index (χ3n) is 7.33. The van der Waals surface area contributed by atoms with Gasteiger partial charge in [-0.3, -0.25) is 9.78 Å². The maximum Gasteiger partial charge on any atom is 0.227 e. The van der Waals surface area contributed by atoms with Crippen LogP contribution in [0.5, 0.6) is 0 Å². The van der Waals surface area contributed by atoms with E-state index in [0.717, 1.165) is 71.8 Å². The lowest BCUT2D eigenvalue weighted by molar-refractivity contribution is -0.120. The number of rotatable bonds is 4. The van der Waals surface area contributed by atoms with Gasteiger partial charge in [-0.1, -0.05) is 23.7 Å². The summed E-state index contributed by atoms with van der Waals surface area (Å²) in [5.41, 5.74) is 11.6. The number of nitrogens with zero attached hydrogens (tertiary/aromatic N) is 5. The number of fused-ring (bicyclic) bond motifs is 2. The van der Waals surface area contributed by atoms with Gasteiger partial charge in [-0.05, 0) is 56.4 Å². The Morgan fingerprint density at radius 2 is 2.00 bits per heavy atom.